The standard InChI is InChI=1S/C16H27NO3.C2H2O4/c1-4-14(3)17-10-11-18-12-13-20-16-9-7-6-8-15(16)19-5-2;3-1(4)2(5)6/h6-9,14,17H,4-5,10-13H2,1-3H3;(H,3,4)(H,5,6). The van der Waals surface area contributed by atoms with Gasteiger partial charge in [-0.2, -0.15) is 0 Å². The summed E-state index contributed by atoms with van der Waals surface area (Å²) in [6, 6.07) is 8.25. The van der Waals surface area contributed by atoms with Crippen molar-refractivity contribution in [2.75, 3.05) is 33.0 Å². The second-order valence-corrected chi connectivity index (χ2v) is 5.21. The topological polar surface area (TPSA) is 114 Å². The first-order valence-corrected chi connectivity index (χ1v) is 8.54. The molecule has 0 aromatic heterocycles. The van der Waals surface area contributed by atoms with Crippen LogP contribution in [0, 0.1) is 0 Å². The SMILES string of the molecule is CCOc1ccccc1OCCOCCNC(C)CC.O=C(O)C(=O)O. The van der Waals surface area contributed by atoms with Gasteiger partial charge in [0.25, 0.3) is 0 Å². The molecule has 8 heteroatoms. The van der Waals surface area contributed by atoms with Gasteiger partial charge in [0, 0.05) is 12.6 Å². The van der Waals surface area contributed by atoms with Gasteiger partial charge < -0.3 is 29.7 Å². The van der Waals surface area contributed by atoms with Crippen molar-refractivity contribution in [3.05, 3.63) is 24.3 Å². The molecule has 1 atom stereocenters. The van der Waals surface area contributed by atoms with E-state index in [-0.39, 0.29) is 0 Å². The number of hydrogen-bond acceptors (Lipinski definition) is 6. The second kappa shape index (κ2) is 15.0. The first kappa shape index (κ1) is 23.7. The highest BCUT2D eigenvalue weighted by atomic mass is 16.5. The van der Waals surface area contributed by atoms with Gasteiger partial charge in [-0.1, -0.05) is 19.1 Å². The van der Waals surface area contributed by atoms with Crippen molar-refractivity contribution >= 4 is 11.9 Å². The molecule has 8 nitrogen and oxygen atoms in total. The fourth-order valence-corrected chi connectivity index (χ4v) is 1.68. The average Bonchev–Trinajstić information content (AvgIpc) is 2.62. The maximum absolute atomic E-state index is 9.10. The number of carboxylic acids is 2. The van der Waals surface area contributed by atoms with Gasteiger partial charge in [-0.3, -0.25) is 0 Å². The van der Waals surface area contributed by atoms with Crippen LogP contribution in [0.25, 0.3) is 0 Å². The molecule has 0 bridgehead atoms. The summed E-state index contributed by atoms with van der Waals surface area (Å²) in [7, 11) is 0. The fourth-order valence-electron chi connectivity index (χ4n) is 1.68. The Kier molecular flexibility index (Phi) is 13.6. The van der Waals surface area contributed by atoms with E-state index >= 15 is 0 Å². The lowest BCUT2D eigenvalue weighted by atomic mass is 10.3. The van der Waals surface area contributed by atoms with E-state index < -0.39 is 11.9 Å². The second-order valence-electron chi connectivity index (χ2n) is 5.21. The average molecular weight is 371 g/mol. The Morgan fingerprint density at radius 1 is 1.00 bits per heavy atom. The van der Waals surface area contributed by atoms with Crippen LogP contribution in [0.15, 0.2) is 24.3 Å². The van der Waals surface area contributed by atoms with Crippen LogP contribution in [-0.2, 0) is 14.3 Å². The van der Waals surface area contributed by atoms with E-state index in [0.29, 0.717) is 32.5 Å². The number of aliphatic carboxylic acids is 2. The van der Waals surface area contributed by atoms with Crippen molar-refractivity contribution in [1.29, 1.82) is 0 Å². The Morgan fingerprint density at radius 3 is 2.08 bits per heavy atom. The highest BCUT2D eigenvalue weighted by molar-refractivity contribution is 6.27. The molecule has 0 aliphatic heterocycles. The molecular weight excluding hydrogens is 342 g/mol. The molecule has 0 aliphatic carbocycles. The largest absolute Gasteiger partial charge is 0.490 e. The van der Waals surface area contributed by atoms with Gasteiger partial charge >= 0.3 is 11.9 Å². The van der Waals surface area contributed by atoms with E-state index in [9.17, 15) is 0 Å². The van der Waals surface area contributed by atoms with E-state index in [1.54, 1.807) is 0 Å². The Morgan fingerprint density at radius 2 is 1.58 bits per heavy atom. The minimum Gasteiger partial charge on any atom is -0.490 e. The van der Waals surface area contributed by atoms with Gasteiger partial charge in [0.15, 0.2) is 11.5 Å². The summed E-state index contributed by atoms with van der Waals surface area (Å²) >= 11 is 0. The van der Waals surface area contributed by atoms with Crippen LogP contribution < -0.4 is 14.8 Å². The highest BCUT2D eigenvalue weighted by Crippen LogP contribution is 2.26. The lowest BCUT2D eigenvalue weighted by molar-refractivity contribution is -0.159. The molecule has 0 spiro atoms. The van der Waals surface area contributed by atoms with Crippen LogP contribution in [0.4, 0.5) is 0 Å². The molecule has 0 fully saturated rings. The molecule has 0 radical (unpaired) electrons. The maximum atomic E-state index is 9.10. The smallest absolute Gasteiger partial charge is 0.414 e. The summed E-state index contributed by atoms with van der Waals surface area (Å²) in [5, 5.41) is 18.2. The highest BCUT2D eigenvalue weighted by Gasteiger charge is 2.04. The molecule has 0 aliphatic rings. The van der Waals surface area contributed by atoms with Gasteiger partial charge in [0.2, 0.25) is 0 Å². The molecule has 0 amide bonds. The van der Waals surface area contributed by atoms with Crippen LogP contribution >= 0.6 is 0 Å². The molecular formula is C18H29NO7. The van der Waals surface area contributed by atoms with E-state index in [1.165, 1.54) is 0 Å². The van der Waals surface area contributed by atoms with Crippen LogP contribution in [0.5, 0.6) is 11.5 Å². The molecule has 26 heavy (non-hydrogen) atoms. The number of ether oxygens (including phenoxy) is 3. The van der Waals surface area contributed by atoms with Crippen molar-refractivity contribution in [3.8, 4) is 11.5 Å². The number of nitrogens with one attached hydrogen (secondary N) is 1. The summed E-state index contributed by atoms with van der Waals surface area (Å²) in [4.78, 5) is 18.2. The van der Waals surface area contributed by atoms with Crippen molar-refractivity contribution in [2.24, 2.45) is 0 Å². The van der Waals surface area contributed by atoms with Crippen LogP contribution in [0.3, 0.4) is 0 Å². The van der Waals surface area contributed by atoms with Crippen LogP contribution in [0.2, 0.25) is 0 Å². The number of rotatable bonds is 11. The summed E-state index contributed by atoms with van der Waals surface area (Å²) < 4.78 is 16.7. The number of hydrogen-bond donors (Lipinski definition) is 3. The summed E-state index contributed by atoms with van der Waals surface area (Å²) in [6.45, 7) is 9.65. The van der Waals surface area contributed by atoms with Gasteiger partial charge in [0.1, 0.15) is 6.61 Å². The lowest BCUT2D eigenvalue weighted by Gasteiger charge is -2.13. The number of para-hydroxylation sites is 2. The van der Waals surface area contributed by atoms with Gasteiger partial charge in [-0.05, 0) is 32.4 Å². The minimum atomic E-state index is -1.82. The Hall–Kier alpha value is -2.32. The maximum Gasteiger partial charge on any atom is 0.414 e. The minimum absolute atomic E-state index is 0.535. The Balaban J connectivity index is 0.000000896. The molecule has 0 saturated carbocycles. The molecule has 1 aromatic carbocycles. The van der Waals surface area contributed by atoms with Crippen LogP contribution in [0.1, 0.15) is 27.2 Å². The molecule has 1 aromatic rings. The van der Waals surface area contributed by atoms with Gasteiger partial charge in [0.05, 0.1) is 19.8 Å². The number of carbonyl (C=O) groups is 2. The zero-order valence-electron chi connectivity index (χ0n) is 15.6. The van der Waals surface area contributed by atoms with Crippen molar-refractivity contribution < 1.29 is 34.0 Å². The van der Waals surface area contributed by atoms with Crippen LogP contribution in [-0.4, -0.2) is 61.2 Å². The van der Waals surface area contributed by atoms with E-state index in [2.05, 4.69) is 19.2 Å². The van der Waals surface area contributed by atoms with Crippen molar-refractivity contribution in [2.45, 2.75) is 33.2 Å². The fraction of sp³-hybridized carbons (Fsp3) is 0.556. The normalized spacial score (nSPS) is 11.0. The van der Waals surface area contributed by atoms with E-state index in [0.717, 1.165) is 24.5 Å². The first-order chi connectivity index (χ1) is 12.4. The molecule has 3 N–H and O–H groups in total. The molecule has 1 unspecified atom stereocenters. The molecule has 0 saturated heterocycles. The molecule has 1 rings (SSSR count). The quantitative estimate of drug-likeness (QED) is 0.400. The zero-order valence-corrected chi connectivity index (χ0v) is 15.6. The third-order valence-electron chi connectivity index (χ3n) is 3.17. The number of benzene rings is 1. The molecule has 0 heterocycles. The zero-order chi connectivity index (χ0) is 19.8. The summed E-state index contributed by atoms with van der Waals surface area (Å²) in [6.07, 6.45) is 1.14. The monoisotopic (exact) mass is 371 g/mol. The lowest BCUT2D eigenvalue weighted by Crippen LogP contribution is -2.29. The summed E-state index contributed by atoms with van der Waals surface area (Å²) in [5.41, 5.74) is 0. The predicted octanol–water partition coefficient (Wildman–Crippen LogP) is 2.02. The number of carboxylic acid groups (broad SMARTS) is 2. The third-order valence-corrected chi connectivity index (χ3v) is 3.17. The van der Waals surface area contributed by atoms with Gasteiger partial charge in [-0.15, -0.1) is 0 Å². The third kappa shape index (κ3) is 12.1. The Bertz CT molecular complexity index is 510. The van der Waals surface area contributed by atoms with E-state index in [4.69, 9.17) is 34.0 Å². The van der Waals surface area contributed by atoms with Gasteiger partial charge in [-0.25, -0.2) is 9.59 Å². The Labute approximate surface area is 154 Å². The predicted molar refractivity (Wildman–Crippen MR) is 97.0 cm³/mol. The van der Waals surface area contributed by atoms with E-state index in [1.807, 2.05) is 31.2 Å². The molecule has 148 valence electrons. The first-order valence-electron chi connectivity index (χ1n) is 8.54. The summed E-state index contributed by atoms with van der Waals surface area (Å²) in [5.74, 6) is -2.09. The van der Waals surface area contributed by atoms with Crippen molar-refractivity contribution in [1.82, 2.24) is 5.32 Å². The van der Waals surface area contributed by atoms with Crippen molar-refractivity contribution in [3.63, 3.8) is 0 Å².